The van der Waals surface area contributed by atoms with Gasteiger partial charge in [-0.1, -0.05) is 0 Å². The third-order valence-electron chi connectivity index (χ3n) is 1.11. The molecule has 15 heteroatoms. The van der Waals surface area contributed by atoms with Crippen LogP contribution in [0.25, 0.3) is 0 Å². The molecular weight excluding hydrogens is 353 g/mol. The van der Waals surface area contributed by atoms with Gasteiger partial charge in [0.1, 0.15) is 0 Å². The van der Waals surface area contributed by atoms with Gasteiger partial charge < -0.3 is 63.8 Å². The summed E-state index contributed by atoms with van der Waals surface area (Å²) in [6.07, 6.45) is -1.32. The van der Waals surface area contributed by atoms with E-state index in [9.17, 15) is 18.9 Å². The van der Waals surface area contributed by atoms with E-state index < -0.39 is 14.7 Å². The molecule has 0 spiro atoms. The Bertz CT molecular complexity index is 207. The molecule has 0 bridgehead atoms. The third kappa shape index (κ3) is 32.3. The van der Waals surface area contributed by atoms with Crippen molar-refractivity contribution in [1.29, 1.82) is 0 Å². The van der Waals surface area contributed by atoms with E-state index in [4.69, 9.17) is 22.9 Å². The van der Waals surface area contributed by atoms with Gasteiger partial charge in [0, 0.05) is 39.9 Å². The van der Waals surface area contributed by atoms with Gasteiger partial charge in [0.25, 0.3) is 0 Å². The average Bonchev–Trinajstić information content (AvgIpc) is 2.19. The van der Waals surface area contributed by atoms with E-state index in [-0.39, 0.29) is 63.5 Å². The summed E-state index contributed by atoms with van der Waals surface area (Å²) >= 11 is 0. The van der Waals surface area contributed by atoms with E-state index in [1.165, 1.54) is 0 Å². The fraction of sp³-hybridized carbons (Fsp3) is 1.00. The maximum Gasteiger partial charge on any atom is 2.00 e. The van der Waals surface area contributed by atoms with Crippen LogP contribution < -0.4 is 32.7 Å². The first-order valence-corrected chi connectivity index (χ1v) is 7.62. The second kappa shape index (κ2) is 20.9. The van der Waals surface area contributed by atoms with Gasteiger partial charge in [-0.05, 0) is 0 Å². The Hall–Kier alpha value is 0.554. The summed E-state index contributed by atoms with van der Waals surface area (Å²) < 4.78 is 20.3. The minimum Gasteiger partial charge on any atom is -0.798 e. The topological polar surface area (TPSA) is 313 Å². The SMILES string of the molecule is NCP(=O)([O-])CN.NCP(=O)([O-])CN.O.O.[Ni+2].[OH3+].[OH3+]. The molecule has 0 aliphatic heterocycles. The Kier molecular flexibility index (Phi) is 46.9. The summed E-state index contributed by atoms with van der Waals surface area (Å²) in [7, 11) is -6.70. The Balaban J connectivity index is -0.0000000240. The number of hydrogen-bond acceptors (Lipinski definition) is 8. The zero-order chi connectivity index (χ0) is 11.8. The van der Waals surface area contributed by atoms with Crippen molar-refractivity contribution < 1.29 is 57.3 Å². The molecule has 0 radical (unpaired) electrons. The number of rotatable bonds is 4. The van der Waals surface area contributed by atoms with Gasteiger partial charge in [-0.15, -0.1) is 0 Å². The smallest absolute Gasteiger partial charge is 0.798 e. The van der Waals surface area contributed by atoms with Gasteiger partial charge in [-0.25, -0.2) is 0 Å². The Morgan fingerprint density at radius 2 is 0.789 bits per heavy atom. The van der Waals surface area contributed by atoms with Gasteiger partial charge in [0.05, 0.1) is 0 Å². The molecule has 18 N–H and O–H groups in total. The van der Waals surface area contributed by atoms with E-state index in [1.54, 1.807) is 0 Å². The van der Waals surface area contributed by atoms with E-state index >= 15 is 0 Å². The summed E-state index contributed by atoms with van der Waals surface area (Å²) in [4.78, 5) is 20.3. The minimum absolute atomic E-state index is 0. The van der Waals surface area contributed by atoms with Crippen LogP contribution >= 0.6 is 14.7 Å². The van der Waals surface area contributed by atoms with E-state index in [0.29, 0.717) is 0 Å². The van der Waals surface area contributed by atoms with Crippen molar-refractivity contribution in [3.8, 4) is 0 Å². The van der Waals surface area contributed by atoms with Gasteiger partial charge in [-0.3, -0.25) is 0 Å². The summed E-state index contributed by atoms with van der Waals surface area (Å²) in [5.74, 6) is 0. The van der Waals surface area contributed by atoms with Gasteiger partial charge >= 0.3 is 16.5 Å². The molecule has 0 saturated carbocycles. The maximum atomic E-state index is 10.1. The Morgan fingerprint density at radius 3 is 0.789 bits per heavy atom. The predicted molar refractivity (Wildman–Crippen MR) is 68.4 cm³/mol. The quantitative estimate of drug-likeness (QED) is 0.206. The number of nitrogens with two attached hydrogens (primary N) is 4. The first-order chi connectivity index (χ1) is 6.24. The number of hydrogen-bond donors (Lipinski definition) is 4. The molecule has 0 aliphatic rings. The van der Waals surface area contributed by atoms with E-state index in [0.717, 1.165) is 0 Å². The summed E-state index contributed by atoms with van der Waals surface area (Å²) in [6, 6.07) is 0. The largest absolute Gasteiger partial charge is 2.00 e. The van der Waals surface area contributed by atoms with E-state index in [2.05, 4.69) is 0 Å². The van der Waals surface area contributed by atoms with Crippen molar-refractivity contribution in [1.82, 2.24) is 0 Å². The minimum atomic E-state index is -3.35. The van der Waals surface area contributed by atoms with Crippen molar-refractivity contribution in [2.45, 2.75) is 0 Å². The molecule has 0 rings (SSSR count). The molecule has 128 valence electrons. The molecule has 0 aromatic carbocycles. The van der Waals surface area contributed by atoms with Crippen LogP contribution in [0.15, 0.2) is 0 Å². The monoisotopic (exact) mass is 378 g/mol. The molecule has 0 heterocycles. The van der Waals surface area contributed by atoms with Crippen LogP contribution in [0.1, 0.15) is 0 Å². The van der Waals surface area contributed by atoms with Crippen LogP contribution in [0, 0.1) is 0 Å². The van der Waals surface area contributed by atoms with Crippen LogP contribution in [0.2, 0.25) is 0 Å². The standard InChI is InChI=1S/2C2H9N2O2P.Ni.4H2O/c2*3-1-7(5,6)2-4;;;;;/h2*1-4H2,(H,5,6);;4*1H2/q;;+2;;;;. The summed E-state index contributed by atoms with van der Waals surface area (Å²) in [5, 5.41) is 0. The van der Waals surface area contributed by atoms with Gasteiger partial charge in [0.15, 0.2) is 0 Å². The van der Waals surface area contributed by atoms with Gasteiger partial charge in [-0.2, -0.15) is 0 Å². The molecule has 12 nitrogen and oxygen atoms in total. The summed E-state index contributed by atoms with van der Waals surface area (Å²) in [5.41, 5.74) is 19.0. The van der Waals surface area contributed by atoms with E-state index in [1.807, 2.05) is 0 Å². The second-order valence-corrected chi connectivity index (χ2v) is 7.08. The first-order valence-electron chi connectivity index (χ1n) is 3.63. The van der Waals surface area contributed by atoms with Crippen molar-refractivity contribution >= 4 is 14.7 Å². The molecule has 0 saturated heterocycles. The van der Waals surface area contributed by atoms with Gasteiger partial charge in [0.2, 0.25) is 0 Å². The fourth-order valence-corrected chi connectivity index (χ4v) is 0.447. The Labute approximate surface area is 121 Å². The average molecular weight is 379 g/mol. The molecule has 0 aromatic rings. The molecule has 0 amide bonds. The zero-order valence-corrected chi connectivity index (χ0v) is 12.9. The van der Waals surface area contributed by atoms with Crippen molar-refractivity contribution in [3.63, 3.8) is 0 Å². The molecule has 0 unspecified atom stereocenters. The van der Waals surface area contributed by atoms with Crippen LogP contribution in [0.5, 0.6) is 0 Å². The van der Waals surface area contributed by atoms with Crippen molar-refractivity contribution in [2.75, 3.05) is 25.1 Å². The van der Waals surface area contributed by atoms with Crippen LogP contribution in [-0.2, 0) is 36.6 Å². The van der Waals surface area contributed by atoms with Crippen molar-refractivity contribution in [3.05, 3.63) is 0 Å². The molecule has 0 fully saturated rings. The first kappa shape index (κ1) is 42.7. The Morgan fingerprint density at radius 1 is 0.684 bits per heavy atom. The molecule has 19 heavy (non-hydrogen) atoms. The molecule has 0 aliphatic carbocycles. The fourth-order valence-electron chi connectivity index (χ4n) is 0.149. The zero-order valence-electron chi connectivity index (χ0n) is 10.1. The van der Waals surface area contributed by atoms with Crippen LogP contribution in [0.3, 0.4) is 0 Å². The molecule has 0 aromatic heterocycles. The predicted octanol–water partition coefficient (Wildman–Crippen LogP) is -6.58. The van der Waals surface area contributed by atoms with Crippen LogP contribution in [0.4, 0.5) is 0 Å². The molecule has 0 atom stereocenters. The third-order valence-corrected chi connectivity index (χ3v) is 3.34. The molecular formula is C4H26N4NiO8P2+2. The van der Waals surface area contributed by atoms with Crippen molar-refractivity contribution in [2.24, 2.45) is 22.9 Å². The van der Waals surface area contributed by atoms with Crippen LogP contribution in [-0.4, -0.2) is 36.1 Å². The second-order valence-electron chi connectivity index (χ2n) is 2.36. The normalized spacial score (nSPS) is 8.74. The summed E-state index contributed by atoms with van der Waals surface area (Å²) in [6.45, 7) is 0. The maximum absolute atomic E-state index is 10.1.